The summed E-state index contributed by atoms with van der Waals surface area (Å²) in [6, 6.07) is 4.89. The van der Waals surface area contributed by atoms with Gasteiger partial charge in [0.2, 0.25) is 11.8 Å². The minimum atomic E-state index is -0.556. The molecule has 4 nitrogen and oxygen atoms in total. The molecule has 2 amide bonds. The maximum absolute atomic E-state index is 11.7. The summed E-state index contributed by atoms with van der Waals surface area (Å²) in [5.74, 6) is -0.995. The fourth-order valence-corrected chi connectivity index (χ4v) is 2.69. The highest BCUT2D eigenvalue weighted by Gasteiger charge is 2.36. The van der Waals surface area contributed by atoms with Crippen LogP contribution in [0.5, 0.6) is 0 Å². The molecule has 0 aliphatic heterocycles. The van der Waals surface area contributed by atoms with E-state index in [0.29, 0.717) is 16.7 Å². The Hall–Kier alpha value is -2.36. The Kier molecular flexibility index (Phi) is 3.49. The topological polar surface area (TPSA) is 86.2 Å². The lowest BCUT2D eigenvalue weighted by Crippen LogP contribution is -2.34. The molecule has 0 bridgehead atoms. The molecule has 2 unspecified atom stereocenters. The molecule has 0 saturated heterocycles. The van der Waals surface area contributed by atoms with E-state index in [9.17, 15) is 9.59 Å². The van der Waals surface area contributed by atoms with Crippen molar-refractivity contribution in [2.75, 3.05) is 0 Å². The maximum Gasteiger partial charge on any atom is 0.249 e. The molecule has 2 rings (SSSR count). The average Bonchev–Trinajstić information content (AvgIpc) is 2.41. The van der Waals surface area contributed by atoms with E-state index in [2.05, 4.69) is 0 Å². The van der Waals surface area contributed by atoms with Gasteiger partial charge in [0.15, 0.2) is 0 Å². The van der Waals surface area contributed by atoms with Crippen LogP contribution in [-0.2, 0) is 5.41 Å². The molecule has 0 saturated carbocycles. The highest BCUT2D eigenvalue weighted by Crippen LogP contribution is 2.40. The maximum atomic E-state index is 11.7. The van der Waals surface area contributed by atoms with Gasteiger partial charge in [-0.25, -0.2) is 0 Å². The summed E-state index contributed by atoms with van der Waals surface area (Å²) in [4.78, 5) is 23.4. The van der Waals surface area contributed by atoms with Gasteiger partial charge in [0, 0.05) is 16.5 Å². The van der Waals surface area contributed by atoms with Crippen molar-refractivity contribution in [3.8, 4) is 0 Å². The fraction of sp³-hybridized carbons (Fsp3) is 0.250. The molecule has 1 aromatic carbocycles. The molecule has 0 aromatic heterocycles. The Labute approximate surface area is 118 Å². The largest absolute Gasteiger partial charge is 0.366 e. The number of carbonyl (C=O) groups excluding carboxylic acids is 2. The number of carbonyl (C=O) groups is 2. The highest BCUT2D eigenvalue weighted by atomic mass is 16.1. The number of hydrogen-bond acceptors (Lipinski definition) is 2. The van der Waals surface area contributed by atoms with Crippen LogP contribution in [0.1, 0.15) is 40.1 Å². The molecule has 0 heterocycles. The Bertz CT molecular complexity index is 599. The van der Waals surface area contributed by atoms with Crippen molar-refractivity contribution in [1.82, 2.24) is 0 Å². The molecule has 0 fully saturated rings. The third-order valence-corrected chi connectivity index (χ3v) is 4.03. The molecule has 1 aromatic rings. The number of allylic oxidation sites excluding steroid dienone is 4. The van der Waals surface area contributed by atoms with Crippen LogP contribution >= 0.6 is 0 Å². The number of primary amides is 2. The van der Waals surface area contributed by atoms with E-state index in [0.717, 1.165) is 0 Å². The lowest BCUT2D eigenvalue weighted by atomic mass is 9.67. The van der Waals surface area contributed by atoms with Crippen LogP contribution in [-0.4, -0.2) is 11.8 Å². The first-order valence-electron chi connectivity index (χ1n) is 6.47. The zero-order valence-electron chi connectivity index (χ0n) is 11.6. The first kappa shape index (κ1) is 14.1. The summed E-state index contributed by atoms with van der Waals surface area (Å²) < 4.78 is 0. The Morgan fingerprint density at radius 2 is 1.65 bits per heavy atom. The minimum absolute atomic E-state index is 0.117. The standard InChI is InChI=1S/C16H18N2O2/c1-10-6-3-4-9-16(10,2)13-11(14(17)19)7-5-8-12(13)15(18)20/h3-10H,1-2H3,(H2,17,19)(H2,18,20). The Morgan fingerprint density at radius 3 is 2.10 bits per heavy atom. The number of nitrogens with two attached hydrogens (primary N) is 2. The molecule has 4 heteroatoms. The molecular formula is C16H18N2O2. The number of hydrogen-bond donors (Lipinski definition) is 2. The highest BCUT2D eigenvalue weighted by molar-refractivity contribution is 6.01. The van der Waals surface area contributed by atoms with E-state index in [1.54, 1.807) is 18.2 Å². The van der Waals surface area contributed by atoms with Gasteiger partial charge in [-0.2, -0.15) is 0 Å². The van der Waals surface area contributed by atoms with Crippen molar-refractivity contribution in [2.45, 2.75) is 19.3 Å². The number of rotatable bonds is 3. The van der Waals surface area contributed by atoms with Crippen LogP contribution in [0.3, 0.4) is 0 Å². The Morgan fingerprint density at radius 1 is 1.10 bits per heavy atom. The summed E-state index contributed by atoms with van der Waals surface area (Å²) in [7, 11) is 0. The lowest BCUT2D eigenvalue weighted by Gasteiger charge is -2.36. The normalized spacial score (nSPS) is 24.6. The molecular weight excluding hydrogens is 252 g/mol. The zero-order chi connectivity index (χ0) is 14.9. The van der Waals surface area contributed by atoms with Crippen LogP contribution < -0.4 is 11.5 Å². The summed E-state index contributed by atoms with van der Waals surface area (Å²) in [5, 5.41) is 0. The predicted molar refractivity (Wildman–Crippen MR) is 78.3 cm³/mol. The molecule has 20 heavy (non-hydrogen) atoms. The van der Waals surface area contributed by atoms with Gasteiger partial charge in [-0.15, -0.1) is 0 Å². The molecule has 0 radical (unpaired) electrons. The third kappa shape index (κ3) is 2.13. The number of amides is 2. The van der Waals surface area contributed by atoms with E-state index in [1.165, 1.54) is 0 Å². The van der Waals surface area contributed by atoms with Gasteiger partial charge in [-0.3, -0.25) is 9.59 Å². The van der Waals surface area contributed by atoms with Crippen molar-refractivity contribution in [3.63, 3.8) is 0 Å². The summed E-state index contributed by atoms with van der Waals surface area (Å²) >= 11 is 0. The molecule has 1 aliphatic rings. The lowest BCUT2D eigenvalue weighted by molar-refractivity contribution is 0.0997. The predicted octanol–water partition coefficient (Wildman–Crippen LogP) is 1.90. The SMILES string of the molecule is CC1C=CC=CC1(C)c1c(C(N)=O)cccc1C(N)=O. The van der Waals surface area contributed by atoms with Crippen LogP contribution in [0.15, 0.2) is 42.5 Å². The van der Waals surface area contributed by atoms with E-state index < -0.39 is 17.2 Å². The van der Waals surface area contributed by atoms with Gasteiger partial charge in [-0.05, 0) is 23.6 Å². The molecule has 2 atom stereocenters. The van der Waals surface area contributed by atoms with Crippen molar-refractivity contribution in [1.29, 1.82) is 0 Å². The third-order valence-electron chi connectivity index (χ3n) is 4.03. The molecule has 0 spiro atoms. The monoisotopic (exact) mass is 270 g/mol. The van der Waals surface area contributed by atoms with E-state index in [4.69, 9.17) is 11.5 Å². The molecule has 4 N–H and O–H groups in total. The second-order valence-corrected chi connectivity index (χ2v) is 5.27. The van der Waals surface area contributed by atoms with Crippen molar-refractivity contribution in [3.05, 3.63) is 59.2 Å². The molecule has 104 valence electrons. The van der Waals surface area contributed by atoms with Crippen LogP contribution in [0.25, 0.3) is 0 Å². The number of benzene rings is 1. The summed E-state index contributed by atoms with van der Waals surface area (Å²) in [6.07, 6.45) is 7.86. The summed E-state index contributed by atoms with van der Waals surface area (Å²) in [6.45, 7) is 4.01. The van der Waals surface area contributed by atoms with Gasteiger partial charge in [0.25, 0.3) is 0 Å². The Balaban J connectivity index is 2.77. The first-order valence-corrected chi connectivity index (χ1v) is 6.47. The van der Waals surface area contributed by atoms with Crippen molar-refractivity contribution >= 4 is 11.8 Å². The van der Waals surface area contributed by atoms with E-state index in [1.807, 2.05) is 38.2 Å². The second kappa shape index (κ2) is 4.96. The quantitative estimate of drug-likeness (QED) is 0.879. The van der Waals surface area contributed by atoms with Gasteiger partial charge >= 0.3 is 0 Å². The summed E-state index contributed by atoms with van der Waals surface area (Å²) in [5.41, 5.74) is 11.7. The van der Waals surface area contributed by atoms with Crippen molar-refractivity contribution in [2.24, 2.45) is 17.4 Å². The second-order valence-electron chi connectivity index (χ2n) is 5.27. The molecule has 1 aliphatic carbocycles. The van der Waals surface area contributed by atoms with Crippen molar-refractivity contribution < 1.29 is 9.59 Å². The van der Waals surface area contributed by atoms with Crippen LogP contribution in [0.2, 0.25) is 0 Å². The van der Waals surface area contributed by atoms with E-state index in [-0.39, 0.29) is 5.92 Å². The van der Waals surface area contributed by atoms with E-state index >= 15 is 0 Å². The van der Waals surface area contributed by atoms with Crippen LogP contribution in [0.4, 0.5) is 0 Å². The van der Waals surface area contributed by atoms with Gasteiger partial charge in [0.05, 0.1) is 0 Å². The van der Waals surface area contributed by atoms with Crippen LogP contribution in [0, 0.1) is 5.92 Å². The zero-order valence-corrected chi connectivity index (χ0v) is 11.6. The first-order chi connectivity index (χ1) is 9.38. The average molecular weight is 270 g/mol. The smallest absolute Gasteiger partial charge is 0.249 e. The minimum Gasteiger partial charge on any atom is -0.366 e. The fourth-order valence-electron chi connectivity index (χ4n) is 2.69. The van der Waals surface area contributed by atoms with Gasteiger partial charge < -0.3 is 11.5 Å². The van der Waals surface area contributed by atoms with Gasteiger partial charge in [-0.1, -0.05) is 44.2 Å². The van der Waals surface area contributed by atoms with Gasteiger partial charge in [0.1, 0.15) is 0 Å².